The van der Waals surface area contributed by atoms with E-state index in [0.717, 1.165) is 49.4 Å². The van der Waals surface area contributed by atoms with Crippen molar-refractivity contribution in [3.63, 3.8) is 0 Å². The number of hydrogen-bond acceptors (Lipinski definition) is 5. The number of carbonyl (C=O) groups excluding carboxylic acids is 1. The molecule has 0 aliphatic carbocycles. The third-order valence-corrected chi connectivity index (χ3v) is 6.08. The van der Waals surface area contributed by atoms with Crippen molar-refractivity contribution in [2.75, 3.05) is 13.1 Å². The summed E-state index contributed by atoms with van der Waals surface area (Å²) >= 11 is 0. The topological polar surface area (TPSA) is 70.4 Å². The van der Waals surface area contributed by atoms with Crippen LogP contribution in [0.1, 0.15) is 47.8 Å². The minimum atomic E-state index is -0.307. The Balaban J connectivity index is 1.54. The molecule has 0 radical (unpaired) electrons. The van der Waals surface area contributed by atoms with Crippen LogP contribution in [0.25, 0.3) is 0 Å². The van der Waals surface area contributed by atoms with Crippen LogP contribution in [0.4, 0.5) is 4.39 Å². The SMILES string of the molecule is Cc1noc(C2CNNC2C2CCCCN2C(=O)Cc2cccc(F)c2)c1C. The van der Waals surface area contributed by atoms with E-state index in [2.05, 4.69) is 16.0 Å². The number of nitrogens with one attached hydrogen (secondary N) is 2. The molecule has 6 nitrogen and oxygen atoms in total. The Bertz CT molecular complexity index is 853. The smallest absolute Gasteiger partial charge is 0.227 e. The first-order chi connectivity index (χ1) is 13.5. The summed E-state index contributed by atoms with van der Waals surface area (Å²) in [5.41, 5.74) is 9.32. The number of aryl methyl sites for hydroxylation is 1. The summed E-state index contributed by atoms with van der Waals surface area (Å²) < 4.78 is 19.1. The number of hydrogen-bond donors (Lipinski definition) is 2. The van der Waals surface area contributed by atoms with Crippen LogP contribution in [0, 0.1) is 19.7 Å². The fourth-order valence-corrected chi connectivity index (χ4v) is 4.48. The zero-order chi connectivity index (χ0) is 19.7. The Hall–Kier alpha value is -2.25. The molecule has 4 rings (SSSR count). The second-order valence-corrected chi connectivity index (χ2v) is 7.87. The molecule has 2 fully saturated rings. The maximum atomic E-state index is 13.5. The van der Waals surface area contributed by atoms with Gasteiger partial charge in [-0.3, -0.25) is 15.6 Å². The van der Waals surface area contributed by atoms with Gasteiger partial charge in [-0.1, -0.05) is 17.3 Å². The van der Waals surface area contributed by atoms with E-state index in [1.807, 2.05) is 18.7 Å². The van der Waals surface area contributed by atoms with Crippen molar-refractivity contribution in [2.45, 2.75) is 57.5 Å². The molecule has 2 saturated heterocycles. The summed E-state index contributed by atoms with van der Waals surface area (Å²) in [4.78, 5) is 15.1. The first-order valence-corrected chi connectivity index (χ1v) is 9.99. The number of hydrazine groups is 1. The summed E-state index contributed by atoms with van der Waals surface area (Å²) in [6, 6.07) is 6.42. The van der Waals surface area contributed by atoms with Crippen LogP contribution in [-0.2, 0) is 11.2 Å². The van der Waals surface area contributed by atoms with Gasteiger partial charge in [0.25, 0.3) is 0 Å². The van der Waals surface area contributed by atoms with Gasteiger partial charge in [-0.15, -0.1) is 0 Å². The molecule has 0 spiro atoms. The first-order valence-electron chi connectivity index (χ1n) is 9.99. The van der Waals surface area contributed by atoms with Crippen molar-refractivity contribution < 1.29 is 13.7 Å². The van der Waals surface area contributed by atoms with E-state index in [1.165, 1.54) is 12.1 Å². The van der Waals surface area contributed by atoms with Gasteiger partial charge in [0.15, 0.2) is 0 Å². The van der Waals surface area contributed by atoms with Gasteiger partial charge >= 0.3 is 0 Å². The lowest BCUT2D eigenvalue weighted by molar-refractivity contribution is -0.135. The monoisotopic (exact) mass is 386 g/mol. The Morgan fingerprint density at radius 2 is 2.21 bits per heavy atom. The molecule has 28 heavy (non-hydrogen) atoms. The minimum Gasteiger partial charge on any atom is -0.360 e. The van der Waals surface area contributed by atoms with Gasteiger partial charge in [-0.2, -0.15) is 0 Å². The summed E-state index contributed by atoms with van der Waals surface area (Å²) in [6.45, 7) is 5.45. The Labute approximate surface area is 164 Å². The van der Waals surface area contributed by atoms with E-state index in [1.54, 1.807) is 12.1 Å². The zero-order valence-corrected chi connectivity index (χ0v) is 16.4. The van der Waals surface area contributed by atoms with Crippen molar-refractivity contribution in [1.29, 1.82) is 0 Å². The molecule has 2 aromatic rings. The highest BCUT2D eigenvalue weighted by atomic mass is 19.1. The Morgan fingerprint density at radius 1 is 1.36 bits per heavy atom. The first kappa shape index (κ1) is 19.1. The third kappa shape index (κ3) is 3.69. The number of benzene rings is 1. The van der Waals surface area contributed by atoms with Gasteiger partial charge in [-0.05, 0) is 50.8 Å². The van der Waals surface area contributed by atoms with Crippen molar-refractivity contribution in [2.24, 2.45) is 0 Å². The number of rotatable bonds is 4. The molecule has 2 aliphatic heterocycles. The lowest BCUT2D eigenvalue weighted by atomic mass is 9.85. The molecule has 3 unspecified atom stereocenters. The Kier molecular flexibility index (Phi) is 5.46. The number of halogens is 1. The van der Waals surface area contributed by atoms with Crippen LogP contribution in [0.15, 0.2) is 28.8 Å². The average molecular weight is 386 g/mol. The second-order valence-electron chi connectivity index (χ2n) is 7.87. The largest absolute Gasteiger partial charge is 0.360 e. The predicted molar refractivity (Wildman–Crippen MR) is 103 cm³/mol. The molecule has 1 aromatic carbocycles. The van der Waals surface area contributed by atoms with Crippen LogP contribution in [0.3, 0.4) is 0 Å². The number of aromatic nitrogens is 1. The van der Waals surface area contributed by atoms with E-state index in [-0.39, 0.29) is 36.1 Å². The van der Waals surface area contributed by atoms with Crippen LogP contribution in [-0.4, -0.2) is 41.1 Å². The van der Waals surface area contributed by atoms with Crippen LogP contribution in [0.2, 0.25) is 0 Å². The number of amides is 1. The second kappa shape index (κ2) is 8.01. The van der Waals surface area contributed by atoms with Crippen molar-refractivity contribution in [3.8, 4) is 0 Å². The molecule has 1 amide bonds. The number of nitrogens with zero attached hydrogens (tertiary/aromatic N) is 2. The van der Waals surface area contributed by atoms with Gasteiger partial charge in [0.05, 0.1) is 24.1 Å². The van der Waals surface area contributed by atoms with E-state index in [0.29, 0.717) is 5.56 Å². The fraction of sp³-hybridized carbons (Fsp3) is 0.524. The molecule has 2 N–H and O–H groups in total. The van der Waals surface area contributed by atoms with Gasteiger partial charge < -0.3 is 9.42 Å². The quantitative estimate of drug-likeness (QED) is 0.845. The highest BCUT2D eigenvalue weighted by Gasteiger charge is 2.42. The number of likely N-dealkylation sites (tertiary alicyclic amines) is 1. The molecule has 3 atom stereocenters. The predicted octanol–water partition coefficient (Wildman–Crippen LogP) is 2.61. The summed E-state index contributed by atoms with van der Waals surface area (Å²) in [7, 11) is 0. The van der Waals surface area contributed by atoms with Crippen LogP contribution >= 0.6 is 0 Å². The van der Waals surface area contributed by atoms with Gasteiger partial charge in [0.2, 0.25) is 5.91 Å². The van der Waals surface area contributed by atoms with Gasteiger partial charge in [0, 0.05) is 24.7 Å². The highest BCUT2D eigenvalue weighted by Crippen LogP contribution is 2.33. The average Bonchev–Trinajstić information content (AvgIpc) is 3.29. The van der Waals surface area contributed by atoms with Crippen LogP contribution in [0.5, 0.6) is 0 Å². The van der Waals surface area contributed by atoms with Crippen molar-refractivity contribution in [1.82, 2.24) is 20.9 Å². The Morgan fingerprint density at radius 3 is 2.96 bits per heavy atom. The van der Waals surface area contributed by atoms with Gasteiger partial charge in [-0.25, -0.2) is 4.39 Å². The third-order valence-electron chi connectivity index (χ3n) is 6.08. The molecule has 1 aromatic heterocycles. The molecule has 0 bridgehead atoms. The molecule has 2 aliphatic rings. The fourth-order valence-electron chi connectivity index (χ4n) is 4.48. The highest BCUT2D eigenvalue weighted by molar-refractivity contribution is 5.79. The van der Waals surface area contributed by atoms with Crippen LogP contribution < -0.4 is 10.9 Å². The normalized spacial score (nSPS) is 25.2. The molecule has 3 heterocycles. The molecule has 0 saturated carbocycles. The maximum Gasteiger partial charge on any atom is 0.227 e. The lowest BCUT2D eigenvalue weighted by Gasteiger charge is -2.40. The maximum absolute atomic E-state index is 13.5. The summed E-state index contributed by atoms with van der Waals surface area (Å²) in [5, 5.41) is 4.11. The summed E-state index contributed by atoms with van der Waals surface area (Å²) in [5.74, 6) is 0.753. The van der Waals surface area contributed by atoms with Gasteiger partial charge in [0.1, 0.15) is 11.6 Å². The standard InChI is InChI=1S/C21H27FN4O2/c1-13-14(2)25-28-21(13)17-12-23-24-20(17)18-8-3-4-9-26(18)19(27)11-15-6-5-7-16(22)10-15/h5-7,10,17-18,20,23-24H,3-4,8-9,11-12H2,1-2H3. The molecule has 150 valence electrons. The number of piperidine rings is 1. The van der Waals surface area contributed by atoms with E-state index in [9.17, 15) is 9.18 Å². The molecular formula is C21H27FN4O2. The number of carbonyl (C=O) groups is 1. The van der Waals surface area contributed by atoms with E-state index >= 15 is 0 Å². The van der Waals surface area contributed by atoms with E-state index < -0.39 is 0 Å². The molecular weight excluding hydrogens is 359 g/mol. The van der Waals surface area contributed by atoms with Crippen molar-refractivity contribution in [3.05, 3.63) is 52.7 Å². The summed E-state index contributed by atoms with van der Waals surface area (Å²) in [6.07, 6.45) is 3.25. The van der Waals surface area contributed by atoms with Crippen molar-refractivity contribution >= 4 is 5.91 Å². The lowest BCUT2D eigenvalue weighted by Crippen LogP contribution is -2.55. The zero-order valence-electron chi connectivity index (χ0n) is 16.4. The van der Waals surface area contributed by atoms with E-state index in [4.69, 9.17) is 4.52 Å². The molecule has 7 heteroatoms. The minimum absolute atomic E-state index is 0.0493.